The number of allylic oxidation sites excluding steroid dienone is 7. The largest absolute Gasteiger partial charge is 0.405 e. The lowest BCUT2D eigenvalue weighted by Crippen LogP contribution is -2.15. The van der Waals surface area contributed by atoms with Crippen LogP contribution >= 0.6 is 0 Å². The van der Waals surface area contributed by atoms with Crippen molar-refractivity contribution in [2.45, 2.75) is 92.9 Å². The highest BCUT2D eigenvalue weighted by Gasteiger charge is 2.16. The molecule has 0 radical (unpaired) electrons. The number of Topliss-reactive ketones (excluding diaryl/α,β-unsaturated/α-hetero) is 2. The van der Waals surface area contributed by atoms with E-state index in [2.05, 4.69) is 37.9 Å². The molecule has 1 fully saturated rings. The van der Waals surface area contributed by atoms with Gasteiger partial charge in [0.1, 0.15) is 11.6 Å². The minimum atomic E-state index is 0.206. The van der Waals surface area contributed by atoms with Gasteiger partial charge in [-0.25, -0.2) is 0 Å². The minimum absolute atomic E-state index is 0.206. The second-order valence-corrected chi connectivity index (χ2v) is 13.3. The van der Waals surface area contributed by atoms with Crippen LogP contribution in [0.4, 0.5) is 11.4 Å². The molecule has 0 saturated heterocycles. The molecule has 7 nitrogen and oxygen atoms in total. The summed E-state index contributed by atoms with van der Waals surface area (Å²) in [5.41, 5.74) is 19.6. The number of carbonyl (C=O) groups excluding carboxylic acids is 2. The van der Waals surface area contributed by atoms with Crippen molar-refractivity contribution in [2.24, 2.45) is 22.4 Å². The van der Waals surface area contributed by atoms with Crippen LogP contribution in [0, 0.1) is 5.92 Å². The predicted octanol–water partition coefficient (Wildman–Crippen LogP) is 9.03. The van der Waals surface area contributed by atoms with E-state index in [9.17, 15) is 9.59 Å². The summed E-state index contributed by atoms with van der Waals surface area (Å²) in [5, 5.41) is 0. The predicted molar refractivity (Wildman–Crippen MR) is 219 cm³/mol. The molecule has 0 aliphatic heterocycles. The van der Waals surface area contributed by atoms with Crippen molar-refractivity contribution in [1.29, 1.82) is 0 Å². The van der Waals surface area contributed by atoms with Gasteiger partial charge in [-0.15, -0.1) is 0 Å². The molecule has 0 spiro atoms. The van der Waals surface area contributed by atoms with E-state index in [-0.39, 0.29) is 11.6 Å². The number of nitrogens with zero attached hydrogens (tertiary/aromatic N) is 3. The van der Waals surface area contributed by atoms with Gasteiger partial charge in [-0.2, -0.15) is 0 Å². The van der Waals surface area contributed by atoms with Crippen molar-refractivity contribution in [3.05, 3.63) is 107 Å². The Labute approximate surface area is 304 Å². The lowest BCUT2D eigenvalue weighted by molar-refractivity contribution is -0.117. The maximum Gasteiger partial charge on any atom is 0.134 e. The van der Waals surface area contributed by atoms with Crippen molar-refractivity contribution in [1.82, 2.24) is 0 Å². The summed E-state index contributed by atoms with van der Waals surface area (Å²) < 4.78 is 0. The van der Waals surface area contributed by atoms with Crippen LogP contribution in [0.15, 0.2) is 101 Å². The molecule has 2 aromatic carbocycles. The molecule has 0 aromatic heterocycles. The molecular formula is C43H67N5O2. The summed E-state index contributed by atoms with van der Waals surface area (Å²) in [5.74, 6) is 1.12. The van der Waals surface area contributed by atoms with Gasteiger partial charge in [0, 0.05) is 76.8 Å². The second-order valence-electron chi connectivity index (χ2n) is 13.3. The van der Waals surface area contributed by atoms with E-state index >= 15 is 0 Å². The van der Waals surface area contributed by atoms with Gasteiger partial charge in [-0.1, -0.05) is 67.7 Å². The van der Waals surface area contributed by atoms with E-state index in [0.717, 1.165) is 34.6 Å². The molecule has 276 valence electrons. The first-order chi connectivity index (χ1) is 23.6. The number of anilines is 2. The van der Waals surface area contributed by atoms with Crippen LogP contribution in [-0.4, -0.2) is 52.5 Å². The third-order valence-corrected chi connectivity index (χ3v) is 8.27. The molecule has 0 bridgehead atoms. The molecule has 0 amide bonds. The zero-order valence-corrected chi connectivity index (χ0v) is 33.1. The SMILES string of the molecule is C/C(N)=C/C=C\N.CC(=O)Cc1ccc(N(C)C)cc1.CC(=O)Cc1ccc(N(C)C)cc1.CC/C(C)=C(C)/C=C\C(=NC)C1CCCCC1. The molecular weight excluding hydrogens is 619 g/mol. The minimum Gasteiger partial charge on any atom is -0.405 e. The Morgan fingerprint density at radius 2 is 1.20 bits per heavy atom. The van der Waals surface area contributed by atoms with Gasteiger partial charge in [-0.3, -0.25) is 14.6 Å². The number of aliphatic imine (C=N–C) groups is 1. The van der Waals surface area contributed by atoms with Gasteiger partial charge in [0.2, 0.25) is 0 Å². The van der Waals surface area contributed by atoms with E-state index in [1.807, 2.05) is 93.6 Å². The number of benzene rings is 2. The summed E-state index contributed by atoms with van der Waals surface area (Å²) in [6, 6.07) is 16.1. The molecule has 7 heteroatoms. The summed E-state index contributed by atoms with van der Waals surface area (Å²) in [6.07, 6.45) is 18.4. The molecule has 0 heterocycles. The Bertz CT molecular complexity index is 1340. The maximum atomic E-state index is 10.8. The monoisotopic (exact) mass is 686 g/mol. The van der Waals surface area contributed by atoms with Crippen LogP contribution in [0.1, 0.15) is 91.2 Å². The maximum absolute atomic E-state index is 10.8. The van der Waals surface area contributed by atoms with Gasteiger partial charge in [0.25, 0.3) is 0 Å². The van der Waals surface area contributed by atoms with Crippen LogP contribution in [0.3, 0.4) is 0 Å². The molecule has 50 heavy (non-hydrogen) atoms. The summed E-state index contributed by atoms with van der Waals surface area (Å²) in [4.78, 5) is 30.2. The lowest BCUT2D eigenvalue weighted by atomic mass is 9.85. The highest BCUT2D eigenvalue weighted by Crippen LogP contribution is 2.25. The van der Waals surface area contributed by atoms with E-state index in [1.165, 1.54) is 55.2 Å². The Hall–Kier alpha value is -4.39. The lowest BCUT2D eigenvalue weighted by Gasteiger charge is -2.21. The van der Waals surface area contributed by atoms with Crippen molar-refractivity contribution >= 4 is 28.7 Å². The molecule has 1 aliphatic rings. The van der Waals surface area contributed by atoms with Gasteiger partial charge in [0.15, 0.2) is 0 Å². The van der Waals surface area contributed by atoms with Crippen molar-refractivity contribution in [3.63, 3.8) is 0 Å². The van der Waals surface area contributed by atoms with Gasteiger partial charge in [0.05, 0.1) is 0 Å². The van der Waals surface area contributed by atoms with Crippen molar-refractivity contribution in [3.8, 4) is 0 Å². The standard InChI is InChI=1S/C16H27N.2C11H15NO.C5H10N2/c1-5-13(2)14(3)11-12-16(17-4)15-9-7-6-8-10-15;2*1-9(13)8-10-4-6-11(7-5-10)12(2)3;1-5(7)3-2-4-6/h11-12,15H,5-10H2,1-4H3;2*4-7H,8H2,1-3H3;2-4H,6-7H2,1H3/b12-11-,14-13+,17-16?;;;4-2-,5-3-. The Morgan fingerprint density at radius 3 is 1.50 bits per heavy atom. The van der Waals surface area contributed by atoms with Crippen LogP contribution in [0.25, 0.3) is 0 Å². The fourth-order valence-corrected chi connectivity index (χ4v) is 5.03. The molecule has 2 aromatic rings. The van der Waals surface area contributed by atoms with Gasteiger partial charge >= 0.3 is 0 Å². The molecule has 0 unspecified atom stereocenters. The summed E-state index contributed by atoms with van der Waals surface area (Å²) in [6.45, 7) is 11.6. The molecule has 1 saturated carbocycles. The fraction of sp³-hybridized carbons (Fsp3) is 0.465. The second kappa shape index (κ2) is 26.5. The van der Waals surface area contributed by atoms with Crippen molar-refractivity contribution in [2.75, 3.05) is 45.0 Å². The molecule has 0 atom stereocenters. The smallest absolute Gasteiger partial charge is 0.134 e. The average molecular weight is 686 g/mol. The first-order valence-electron chi connectivity index (χ1n) is 17.8. The normalized spacial score (nSPS) is 14.0. The average Bonchev–Trinajstić information content (AvgIpc) is 3.08. The van der Waals surface area contributed by atoms with E-state index < -0.39 is 0 Å². The number of ketones is 2. The van der Waals surface area contributed by atoms with E-state index in [4.69, 9.17) is 11.5 Å². The van der Waals surface area contributed by atoms with Gasteiger partial charge in [-0.05, 0) is 114 Å². The number of rotatable bonds is 11. The third-order valence-electron chi connectivity index (χ3n) is 8.27. The van der Waals surface area contributed by atoms with E-state index in [0.29, 0.717) is 18.8 Å². The van der Waals surface area contributed by atoms with Crippen LogP contribution in [0.2, 0.25) is 0 Å². The number of nitrogens with two attached hydrogens (primary N) is 2. The Morgan fingerprint density at radius 1 is 0.760 bits per heavy atom. The topological polar surface area (TPSA) is 105 Å². The molecule has 1 aliphatic carbocycles. The Balaban J connectivity index is 0.000000665. The quantitative estimate of drug-likeness (QED) is 0.181. The van der Waals surface area contributed by atoms with Gasteiger partial charge < -0.3 is 21.3 Å². The molecule has 3 rings (SSSR count). The highest BCUT2D eigenvalue weighted by molar-refractivity contribution is 5.97. The van der Waals surface area contributed by atoms with Crippen LogP contribution < -0.4 is 21.3 Å². The zero-order valence-electron chi connectivity index (χ0n) is 33.1. The summed E-state index contributed by atoms with van der Waals surface area (Å²) in [7, 11) is 9.93. The van der Waals surface area contributed by atoms with Crippen LogP contribution in [-0.2, 0) is 22.4 Å². The zero-order chi connectivity index (χ0) is 38.1. The van der Waals surface area contributed by atoms with Crippen LogP contribution in [0.5, 0.6) is 0 Å². The molecule has 4 N–H and O–H groups in total. The number of hydrogen-bond donors (Lipinski definition) is 2. The fourth-order valence-electron chi connectivity index (χ4n) is 5.03. The van der Waals surface area contributed by atoms with E-state index in [1.54, 1.807) is 32.9 Å². The Kier molecular flexibility index (Phi) is 24.1. The van der Waals surface area contributed by atoms with Crippen molar-refractivity contribution < 1.29 is 9.59 Å². The first-order valence-corrected chi connectivity index (χ1v) is 17.8. The summed E-state index contributed by atoms with van der Waals surface area (Å²) >= 11 is 0. The highest BCUT2D eigenvalue weighted by atomic mass is 16.1. The number of hydrogen-bond acceptors (Lipinski definition) is 7. The first kappa shape index (κ1) is 45.6. The number of carbonyl (C=O) groups is 2. The third kappa shape index (κ3) is 21.6.